The third kappa shape index (κ3) is 5.04. The Morgan fingerprint density at radius 1 is 1.29 bits per heavy atom. The number of carbonyl (C=O) groups excluding carboxylic acids is 1. The second kappa shape index (κ2) is 6.35. The first-order valence-electron chi connectivity index (χ1n) is 5.85. The van der Waals surface area contributed by atoms with Gasteiger partial charge in [-0.05, 0) is 13.8 Å². The van der Waals surface area contributed by atoms with Gasteiger partial charge < -0.3 is 10.6 Å². The average molecular weight is 264 g/mol. The highest BCUT2D eigenvalue weighted by atomic mass is 32.2. The molecule has 3 unspecified atom stereocenters. The van der Waals surface area contributed by atoms with Crippen molar-refractivity contribution in [1.82, 2.24) is 4.90 Å². The van der Waals surface area contributed by atoms with Crippen LogP contribution in [0, 0.1) is 5.92 Å². The molecule has 0 aromatic heterocycles. The molecule has 3 atom stereocenters. The molecule has 0 fully saturated rings. The fraction of sp³-hybridized carbons (Fsp3) is 0.909. The van der Waals surface area contributed by atoms with Crippen LogP contribution in [0.1, 0.15) is 27.7 Å². The molecule has 0 aliphatic rings. The Labute approximate surface area is 104 Å². The largest absolute Gasteiger partial charge is 0.342 e. The first-order chi connectivity index (χ1) is 7.62. The molecule has 17 heavy (non-hydrogen) atoms. The Bertz CT molecular complexity index is 352. The number of nitrogens with two attached hydrogens (primary N) is 1. The summed E-state index contributed by atoms with van der Waals surface area (Å²) in [5, 5.41) is 0. The van der Waals surface area contributed by atoms with E-state index in [1.54, 1.807) is 34.7 Å². The Hall–Kier alpha value is -0.620. The topological polar surface area (TPSA) is 80.5 Å². The summed E-state index contributed by atoms with van der Waals surface area (Å²) in [5.74, 6) is -0.315. The second-order valence-electron chi connectivity index (χ2n) is 4.64. The van der Waals surface area contributed by atoms with Crippen molar-refractivity contribution in [3.63, 3.8) is 0 Å². The molecule has 0 spiro atoms. The lowest BCUT2D eigenvalue weighted by molar-refractivity contribution is -0.135. The molecular weight excluding hydrogens is 240 g/mol. The van der Waals surface area contributed by atoms with Crippen molar-refractivity contribution in [3.8, 4) is 0 Å². The summed E-state index contributed by atoms with van der Waals surface area (Å²) < 4.78 is 23.0. The van der Waals surface area contributed by atoms with Crippen LogP contribution in [-0.4, -0.2) is 49.9 Å². The summed E-state index contributed by atoms with van der Waals surface area (Å²) in [5.41, 5.74) is 5.66. The normalized spacial score (nSPS) is 17.3. The van der Waals surface area contributed by atoms with Crippen molar-refractivity contribution in [2.75, 3.05) is 18.6 Å². The van der Waals surface area contributed by atoms with Crippen molar-refractivity contribution < 1.29 is 13.2 Å². The van der Waals surface area contributed by atoms with Gasteiger partial charge in [0.05, 0.1) is 11.7 Å². The number of carbonyl (C=O) groups is 1. The quantitative estimate of drug-likeness (QED) is 0.746. The zero-order valence-electron chi connectivity index (χ0n) is 11.3. The summed E-state index contributed by atoms with van der Waals surface area (Å²) in [6.45, 7) is 6.86. The van der Waals surface area contributed by atoms with Crippen molar-refractivity contribution in [2.45, 2.75) is 39.8 Å². The van der Waals surface area contributed by atoms with Gasteiger partial charge in [-0.1, -0.05) is 13.8 Å². The van der Waals surface area contributed by atoms with E-state index in [2.05, 4.69) is 0 Å². The van der Waals surface area contributed by atoms with Crippen LogP contribution in [0.4, 0.5) is 0 Å². The fourth-order valence-corrected chi connectivity index (χ4v) is 2.55. The molecule has 0 aromatic rings. The van der Waals surface area contributed by atoms with E-state index in [-0.39, 0.29) is 35.4 Å². The fourth-order valence-electron chi connectivity index (χ4n) is 1.36. The minimum atomic E-state index is -3.07. The maximum absolute atomic E-state index is 12.0. The zero-order valence-corrected chi connectivity index (χ0v) is 12.1. The van der Waals surface area contributed by atoms with Crippen LogP contribution in [0.2, 0.25) is 0 Å². The third-order valence-electron chi connectivity index (χ3n) is 3.12. The summed E-state index contributed by atoms with van der Waals surface area (Å²) in [4.78, 5) is 13.4. The lowest BCUT2D eigenvalue weighted by atomic mass is 10.0. The molecule has 0 rings (SSSR count). The van der Waals surface area contributed by atoms with Gasteiger partial charge in [-0.15, -0.1) is 0 Å². The number of amides is 1. The average Bonchev–Trinajstić information content (AvgIpc) is 2.25. The van der Waals surface area contributed by atoms with E-state index < -0.39 is 9.84 Å². The van der Waals surface area contributed by atoms with Gasteiger partial charge in [-0.3, -0.25) is 4.79 Å². The SMILES string of the molecule is CCS(=O)(=O)CC(C)N(C)C(=O)C(C)C(C)N. The zero-order chi connectivity index (χ0) is 13.8. The molecule has 6 heteroatoms. The van der Waals surface area contributed by atoms with Crippen LogP contribution in [0.15, 0.2) is 0 Å². The van der Waals surface area contributed by atoms with Crippen molar-refractivity contribution in [1.29, 1.82) is 0 Å². The minimum Gasteiger partial charge on any atom is -0.342 e. The molecule has 0 heterocycles. The lowest BCUT2D eigenvalue weighted by Gasteiger charge is -2.28. The Balaban J connectivity index is 4.61. The van der Waals surface area contributed by atoms with Crippen LogP contribution in [0.25, 0.3) is 0 Å². The van der Waals surface area contributed by atoms with E-state index >= 15 is 0 Å². The number of nitrogens with zero attached hydrogens (tertiary/aromatic N) is 1. The highest BCUT2D eigenvalue weighted by molar-refractivity contribution is 7.91. The van der Waals surface area contributed by atoms with Crippen LogP contribution < -0.4 is 5.73 Å². The highest BCUT2D eigenvalue weighted by Crippen LogP contribution is 2.09. The predicted octanol–water partition coefficient (Wildman–Crippen LogP) is 0.251. The van der Waals surface area contributed by atoms with Gasteiger partial charge in [0, 0.05) is 24.9 Å². The molecule has 0 aliphatic carbocycles. The molecule has 0 saturated carbocycles. The van der Waals surface area contributed by atoms with Gasteiger partial charge in [-0.25, -0.2) is 8.42 Å². The van der Waals surface area contributed by atoms with E-state index in [4.69, 9.17) is 5.73 Å². The maximum Gasteiger partial charge on any atom is 0.226 e. The van der Waals surface area contributed by atoms with E-state index in [1.165, 1.54) is 4.90 Å². The molecule has 0 radical (unpaired) electrons. The number of hydrogen-bond acceptors (Lipinski definition) is 4. The maximum atomic E-state index is 12.0. The summed E-state index contributed by atoms with van der Waals surface area (Å²) in [7, 11) is -1.45. The second-order valence-corrected chi connectivity index (χ2v) is 7.04. The van der Waals surface area contributed by atoms with E-state index in [0.717, 1.165) is 0 Å². The van der Waals surface area contributed by atoms with E-state index in [9.17, 15) is 13.2 Å². The van der Waals surface area contributed by atoms with Gasteiger partial charge in [-0.2, -0.15) is 0 Å². The highest BCUT2D eigenvalue weighted by Gasteiger charge is 2.26. The molecule has 0 bridgehead atoms. The molecule has 0 aliphatic heterocycles. The third-order valence-corrected chi connectivity index (χ3v) is 4.99. The van der Waals surface area contributed by atoms with Crippen LogP contribution in [0.5, 0.6) is 0 Å². The van der Waals surface area contributed by atoms with E-state index in [1.807, 2.05) is 0 Å². The first-order valence-corrected chi connectivity index (χ1v) is 7.67. The van der Waals surface area contributed by atoms with Crippen LogP contribution in [-0.2, 0) is 14.6 Å². The monoisotopic (exact) mass is 264 g/mol. The number of sulfone groups is 1. The molecule has 0 aromatic carbocycles. The van der Waals surface area contributed by atoms with Gasteiger partial charge >= 0.3 is 0 Å². The van der Waals surface area contributed by atoms with Gasteiger partial charge in [0.2, 0.25) is 5.91 Å². The van der Waals surface area contributed by atoms with Gasteiger partial charge in [0.25, 0.3) is 0 Å². The van der Waals surface area contributed by atoms with Crippen LogP contribution >= 0.6 is 0 Å². The molecular formula is C11H24N2O3S. The van der Waals surface area contributed by atoms with Crippen molar-refractivity contribution in [3.05, 3.63) is 0 Å². The Kier molecular flexibility index (Phi) is 6.12. The van der Waals surface area contributed by atoms with Gasteiger partial charge in [0.15, 0.2) is 9.84 Å². The van der Waals surface area contributed by atoms with Crippen molar-refractivity contribution >= 4 is 15.7 Å². The minimum absolute atomic E-state index is 0.00257. The summed E-state index contributed by atoms with van der Waals surface area (Å²) in [6.07, 6.45) is 0. The summed E-state index contributed by atoms with van der Waals surface area (Å²) >= 11 is 0. The molecule has 2 N–H and O–H groups in total. The Morgan fingerprint density at radius 2 is 1.76 bits per heavy atom. The van der Waals surface area contributed by atoms with Crippen LogP contribution in [0.3, 0.4) is 0 Å². The van der Waals surface area contributed by atoms with Gasteiger partial charge in [0.1, 0.15) is 0 Å². The molecule has 1 amide bonds. The van der Waals surface area contributed by atoms with E-state index in [0.29, 0.717) is 0 Å². The summed E-state index contributed by atoms with van der Waals surface area (Å²) in [6, 6.07) is -0.561. The standard InChI is InChI=1S/C11H24N2O3S/c1-6-17(15,16)7-8(2)13(5)11(14)9(3)10(4)12/h8-10H,6-7,12H2,1-5H3. The molecule has 5 nitrogen and oxygen atoms in total. The lowest BCUT2D eigenvalue weighted by Crippen LogP contribution is -2.45. The molecule has 102 valence electrons. The number of rotatable bonds is 6. The predicted molar refractivity (Wildman–Crippen MR) is 69.4 cm³/mol. The number of hydrogen-bond donors (Lipinski definition) is 1. The van der Waals surface area contributed by atoms with Crippen molar-refractivity contribution in [2.24, 2.45) is 11.7 Å². The Morgan fingerprint density at radius 3 is 2.12 bits per heavy atom. The first kappa shape index (κ1) is 16.4. The molecule has 0 saturated heterocycles. The smallest absolute Gasteiger partial charge is 0.226 e.